The van der Waals surface area contributed by atoms with Crippen molar-refractivity contribution in [2.75, 3.05) is 19.5 Å². The number of nitrogen functional groups attached to an aromatic ring is 1. The van der Waals surface area contributed by atoms with Gasteiger partial charge in [-0.25, -0.2) is 15.0 Å². The molecule has 0 fully saturated rings. The van der Waals surface area contributed by atoms with Crippen molar-refractivity contribution < 1.29 is 13.9 Å². The zero-order valence-corrected chi connectivity index (χ0v) is 15.4. The molecule has 0 bridgehead atoms. The molecule has 2 N–H and O–H groups in total. The molecule has 0 aliphatic heterocycles. The van der Waals surface area contributed by atoms with Gasteiger partial charge in [-0.15, -0.1) is 0 Å². The molecule has 142 valence electrons. The van der Waals surface area contributed by atoms with Gasteiger partial charge in [-0.1, -0.05) is 0 Å². The SMILES string of the molecule is CCOc1ccc(-c2cn3cc(-c4ccnc(F)c4)nc(N)c3n2)cc1OC. The first kappa shape index (κ1) is 17.7. The molecular weight excluding hydrogens is 361 g/mol. The fourth-order valence-electron chi connectivity index (χ4n) is 2.96. The fraction of sp³-hybridized carbons (Fsp3) is 0.150. The molecule has 0 saturated heterocycles. The van der Waals surface area contributed by atoms with Gasteiger partial charge in [0.05, 0.1) is 25.1 Å². The van der Waals surface area contributed by atoms with E-state index >= 15 is 0 Å². The van der Waals surface area contributed by atoms with E-state index < -0.39 is 5.95 Å². The van der Waals surface area contributed by atoms with Crippen LogP contribution in [0.1, 0.15) is 6.92 Å². The van der Waals surface area contributed by atoms with E-state index in [1.165, 1.54) is 12.3 Å². The summed E-state index contributed by atoms with van der Waals surface area (Å²) in [5, 5.41) is 0. The van der Waals surface area contributed by atoms with Crippen LogP contribution in [0.4, 0.5) is 10.2 Å². The lowest BCUT2D eigenvalue weighted by Crippen LogP contribution is -1.99. The van der Waals surface area contributed by atoms with Gasteiger partial charge in [0, 0.05) is 35.8 Å². The molecule has 0 radical (unpaired) electrons. The lowest BCUT2D eigenvalue weighted by atomic mass is 10.1. The molecule has 4 aromatic rings. The number of hydrogen-bond acceptors (Lipinski definition) is 6. The van der Waals surface area contributed by atoms with Crippen LogP contribution in [0.2, 0.25) is 0 Å². The highest BCUT2D eigenvalue weighted by Crippen LogP contribution is 2.33. The standard InChI is InChI=1S/C20H18FN5O2/c1-3-28-16-5-4-12(8-17(16)27-2)15-11-26-10-14(24-19(22)20(26)25-15)13-6-7-23-18(21)9-13/h4-11H,3H2,1-2H3,(H2,22,24). The quantitative estimate of drug-likeness (QED) is 0.533. The maximum Gasteiger partial charge on any atom is 0.213 e. The summed E-state index contributed by atoms with van der Waals surface area (Å²) < 4.78 is 26.2. The van der Waals surface area contributed by atoms with Gasteiger partial charge in [0.25, 0.3) is 0 Å². The Hall–Kier alpha value is -3.68. The number of anilines is 1. The first-order valence-corrected chi connectivity index (χ1v) is 8.67. The second kappa shape index (κ2) is 7.15. The van der Waals surface area contributed by atoms with Gasteiger partial charge in [-0.3, -0.25) is 0 Å². The Morgan fingerprint density at radius 1 is 1.04 bits per heavy atom. The number of imidazole rings is 1. The summed E-state index contributed by atoms with van der Waals surface area (Å²) in [7, 11) is 1.59. The monoisotopic (exact) mass is 379 g/mol. The first-order chi connectivity index (χ1) is 13.6. The third-order valence-corrected chi connectivity index (χ3v) is 4.25. The Morgan fingerprint density at radius 3 is 2.50 bits per heavy atom. The molecule has 1 aromatic carbocycles. The van der Waals surface area contributed by atoms with Crippen LogP contribution in [0.25, 0.3) is 28.2 Å². The second-order valence-corrected chi connectivity index (χ2v) is 6.03. The van der Waals surface area contributed by atoms with Gasteiger partial charge in [-0.05, 0) is 31.2 Å². The summed E-state index contributed by atoms with van der Waals surface area (Å²) in [4.78, 5) is 12.5. The largest absolute Gasteiger partial charge is 0.493 e. The minimum absolute atomic E-state index is 0.249. The van der Waals surface area contributed by atoms with E-state index in [1.807, 2.05) is 31.3 Å². The number of pyridine rings is 1. The maximum absolute atomic E-state index is 13.4. The number of rotatable bonds is 5. The lowest BCUT2D eigenvalue weighted by molar-refractivity contribution is 0.311. The van der Waals surface area contributed by atoms with Crippen molar-refractivity contribution >= 4 is 11.5 Å². The van der Waals surface area contributed by atoms with Gasteiger partial charge in [-0.2, -0.15) is 4.39 Å². The van der Waals surface area contributed by atoms with Crippen molar-refractivity contribution in [3.8, 4) is 34.0 Å². The molecule has 3 aromatic heterocycles. The minimum Gasteiger partial charge on any atom is -0.493 e. The molecule has 0 atom stereocenters. The molecule has 0 spiro atoms. The third kappa shape index (κ3) is 3.20. The van der Waals surface area contributed by atoms with E-state index in [1.54, 1.807) is 23.8 Å². The number of aromatic nitrogens is 4. The molecule has 3 heterocycles. The van der Waals surface area contributed by atoms with Crippen molar-refractivity contribution in [3.05, 3.63) is 54.9 Å². The molecule has 0 unspecified atom stereocenters. The lowest BCUT2D eigenvalue weighted by Gasteiger charge is -2.09. The van der Waals surface area contributed by atoms with E-state index in [-0.39, 0.29) is 5.82 Å². The van der Waals surface area contributed by atoms with Crippen molar-refractivity contribution in [2.24, 2.45) is 0 Å². The molecular formula is C20H18FN5O2. The van der Waals surface area contributed by atoms with Crippen molar-refractivity contribution in [1.29, 1.82) is 0 Å². The van der Waals surface area contributed by atoms with Gasteiger partial charge in [0.15, 0.2) is 23.0 Å². The Morgan fingerprint density at radius 2 is 1.79 bits per heavy atom. The van der Waals surface area contributed by atoms with E-state index in [9.17, 15) is 4.39 Å². The third-order valence-electron chi connectivity index (χ3n) is 4.25. The number of methoxy groups -OCH3 is 1. The smallest absolute Gasteiger partial charge is 0.213 e. The van der Waals surface area contributed by atoms with Crippen LogP contribution in [-0.4, -0.2) is 33.1 Å². The predicted molar refractivity (Wildman–Crippen MR) is 104 cm³/mol. The Balaban J connectivity index is 1.79. The highest BCUT2D eigenvalue weighted by atomic mass is 19.1. The van der Waals surface area contributed by atoms with Crippen molar-refractivity contribution in [2.45, 2.75) is 6.92 Å². The number of nitrogens with zero attached hydrogens (tertiary/aromatic N) is 4. The summed E-state index contributed by atoms with van der Waals surface area (Å²) in [5.74, 6) is 0.959. The van der Waals surface area contributed by atoms with E-state index in [4.69, 9.17) is 15.2 Å². The molecule has 4 rings (SSSR count). The summed E-state index contributed by atoms with van der Waals surface area (Å²) in [6.45, 7) is 2.46. The molecule has 28 heavy (non-hydrogen) atoms. The van der Waals surface area contributed by atoms with Crippen LogP contribution >= 0.6 is 0 Å². The Labute approximate surface area is 160 Å². The predicted octanol–water partition coefficient (Wildman–Crippen LogP) is 3.59. The minimum atomic E-state index is -0.578. The number of halogens is 1. The summed E-state index contributed by atoms with van der Waals surface area (Å²) in [6.07, 6.45) is 4.98. The highest BCUT2D eigenvalue weighted by molar-refractivity contribution is 5.73. The molecule has 7 nitrogen and oxygen atoms in total. The van der Waals surface area contributed by atoms with Crippen LogP contribution in [0.5, 0.6) is 11.5 Å². The zero-order chi connectivity index (χ0) is 19.7. The van der Waals surface area contributed by atoms with Crippen LogP contribution in [0, 0.1) is 5.95 Å². The fourth-order valence-corrected chi connectivity index (χ4v) is 2.96. The number of nitrogens with two attached hydrogens (primary N) is 1. The number of hydrogen-bond donors (Lipinski definition) is 1. The normalized spacial score (nSPS) is 11.0. The van der Waals surface area contributed by atoms with E-state index in [0.717, 1.165) is 5.56 Å². The van der Waals surface area contributed by atoms with Crippen molar-refractivity contribution in [1.82, 2.24) is 19.4 Å². The highest BCUT2D eigenvalue weighted by Gasteiger charge is 2.13. The molecule has 0 aliphatic carbocycles. The van der Waals surface area contributed by atoms with Gasteiger partial charge < -0.3 is 19.6 Å². The summed E-state index contributed by atoms with van der Waals surface area (Å²) in [5.41, 5.74) is 9.27. The molecule has 0 amide bonds. The molecule has 0 aliphatic rings. The van der Waals surface area contributed by atoms with Crippen LogP contribution in [0.15, 0.2) is 48.9 Å². The van der Waals surface area contributed by atoms with Gasteiger partial charge >= 0.3 is 0 Å². The van der Waals surface area contributed by atoms with E-state index in [0.29, 0.717) is 40.7 Å². The topological polar surface area (TPSA) is 87.6 Å². The number of benzene rings is 1. The van der Waals surface area contributed by atoms with E-state index in [2.05, 4.69) is 15.0 Å². The van der Waals surface area contributed by atoms with Crippen LogP contribution in [0.3, 0.4) is 0 Å². The Bertz CT molecular complexity index is 1160. The average Bonchev–Trinajstić information content (AvgIpc) is 3.13. The zero-order valence-electron chi connectivity index (χ0n) is 15.4. The molecule has 8 heteroatoms. The Kier molecular flexibility index (Phi) is 4.52. The van der Waals surface area contributed by atoms with Crippen molar-refractivity contribution in [3.63, 3.8) is 0 Å². The summed E-state index contributed by atoms with van der Waals surface area (Å²) >= 11 is 0. The first-order valence-electron chi connectivity index (χ1n) is 8.67. The van der Waals surface area contributed by atoms with Crippen LogP contribution in [-0.2, 0) is 0 Å². The average molecular weight is 379 g/mol. The maximum atomic E-state index is 13.4. The van der Waals surface area contributed by atoms with Gasteiger partial charge in [0.1, 0.15) is 0 Å². The van der Waals surface area contributed by atoms with Crippen LogP contribution < -0.4 is 15.2 Å². The number of fused-ring (bicyclic) bond motifs is 1. The number of ether oxygens (including phenoxy) is 2. The molecule has 0 saturated carbocycles. The van der Waals surface area contributed by atoms with Gasteiger partial charge in [0.2, 0.25) is 5.95 Å². The second-order valence-electron chi connectivity index (χ2n) is 6.03. The summed E-state index contributed by atoms with van der Waals surface area (Å²) in [6, 6.07) is 8.58.